The predicted molar refractivity (Wildman–Crippen MR) is 91.4 cm³/mol. The van der Waals surface area contributed by atoms with E-state index in [4.69, 9.17) is 0 Å². The molecule has 0 saturated carbocycles. The maximum absolute atomic E-state index is 10.7. The minimum absolute atomic E-state index is 0.488. The maximum Gasteiger partial charge on any atom is 0.0798 e. The van der Waals surface area contributed by atoms with Gasteiger partial charge in [-0.05, 0) is 45.5 Å². The van der Waals surface area contributed by atoms with Crippen molar-refractivity contribution in [1.29, 1.82) is 0 Å². The molecule has 0 aliphatic carbocycles. The Labute approximate surface area is 134 Å². The quantitative estimate of drug-likeness (QED) is 0.916. The summed E-state index contributed by atoms with van der Waals surface area (Å²) in [6.45, 7) is 5.10. The van der Waals surface area contributed by atoms with Crippen molar-refractivity contribution in [1.82, 2.24) is 9.80 Å². The van der Waals surface area contributed by atoms with Crippen molar-refractivity contribution in [2.24, 2.45) is 0 Å². The number of para-hydroxylation sites is 1. The molecule has 0 radical (unpaired) electrons. The van der Waals surface area contributed by atoms with Crippen LogP contribution in [-0.2, 0) is 0 Å². The van der Waals surface area contributed by atoms with Crippen molar-refractivity contribution in [2.45, 2.75) is 30.9 Å². The molecule has 1 aromatic carbocycles. The van der Waals surface area contributed by atoms with Gasteiger partial charge in [0.25, 0.3) is 0 Å². The molecule has 4 heteroatoms. The SMILES string of the molecule is CN(C)CC1(O)CCN([C@@H]2CCN(c3ccccc3)C2)CC1. The first-order valence-electron chi connectivity index (χ1n) is 8.47. The van der Waals surface area contributed by atoms with Crippen molar-refractivity contribution in [2.75, 3.05) is 51.7 Å². The second-order valence-corrected chi connectivity index (χ2v) is 7.22. The smallest absolute Gasteiger partial charge is 0.0798 e. The Hall–Kier alpha value is -1.10. The van der Waals surface area contributed by atoms with E-state index in [1.807, 2.05) is 14.1 Å². The highest BCUT2D eigenvalue weighted by Crippen LogP contribution is 2.28. The zero-order valence-electron chi connectivity index (χ0n) is 13.9. The van der Waals surface area contributed by atoms with E-state index in [0.29, 0.717) is 6.04 Å². The average Bonchev–Trinajstić information content (AvgIpc) is 2.97. The van der Waals surface area contributed by atoms with Crippen molar-refractivity contribution >= 4 is 5.69 Å². The van der Waals surface area contributed by atoms with E-state index in [2.05, 4.69) is 45.0 Å². The minimum atomic E-state index is -0.488. The second-order valence-electron chi connectivity index (χ2n) is 7.22. The number of rotatable bonds is 4. The molecule has 2 saturated heterocycles. The van der Waals surface area contributed by atoms with Crippen LogP contribution in [0.15, 0.2) is 30.3 Å². The fraction of sp³-hybridized carbons (Fsp3) is 0.667. The summed E-state index contributed by atoms with van der Waals surface area (Å²) in [6, 6.07) is 11.4. The van der Waals surface area contributed by atoms with Crippen molar-refractivity contribution in [3.05, 3.63) is 30.3 Å². The fourth-order valence-electron chi connectivity index (χ4n) is 3.97. The van der Waals surface area contributed by atoms with Crippen molar-refractivity contribution in [3.63, 3.8) is 0 Å². The van der Waals surface area contributed by atoms with Crippen LogP contribution < -0.4 is 4.90 Å². The number of aliphatic hydroxyl groups is 1. The van der Waals surface area contributed by atoms with Gasteiger partial charge in [-0.1, -0.05) is 18.2 Å². The second kappa shape index (κ2) is 6.57. The van der Waals surface area contributed by atoms with Gasteiger partial charge in [0.2, 0.25) is 0 Å². The normalized spacial score (nSPS) is 25.8. The highest BCUT2D eigenvalue weighted by molar-refractivity contribution is 5.47. The van der Waals surface area contributed by atoms with Gasteiger partial charge in [0, 0.05) is 44.5 Å². The largest absolute Gasteiger partial charge is 0.388 e. The first-order chi connectivity index (χ1) is 10.6. The van der Waals surface area contributed by atoms with Gasteiger partial charge in [0.15, 0.2) is 0 Å². The van der Waals surface area contributed by atoms with Crippen LogP contribution in [0.2, 0.25) is 0 Å². The first kappa shape index (κ1) is 15.8. The maximum atomic E-state index is 10.7. The molecule has 122 valence electrons. The van der Waals surface area contributed by atoms with Gasteiger partial charge < -0.3 is 14.9 Å². The molecule has 0 unspecified atom stereocenters. The van der Waals surface area contributed by atoms with Gasteiger partial charge in [-0.3, -0.25) is 4.90 Å². The summed E-state index contributed by atoms with van der Waals surface area (Å²) in [5.74, 6) is 0. The Morgan fingerprint density at radius 1 is 1.14 bits per heavy atom. The van der Waals surface area contributed by atoms with E-state index in [1.165, 1.54) is 12.1 Å². The van der Waals surface area contributed by atoms with Gasteiger partial charge in [-0.25, -0.2) is 0 Å². The van der Waals surface area contributed by atoms with E-state index < -0.39 is 5.60 Å². The zero-order valence-corrected chi connectivity index (χ0v) is 13.9. The summed E-state index contributed by atoms with van der Waals surface area (Å²) in [4.78, 5) is 7.18. The van der Waals surface area contributed by atoms with E-state index in [-0.39, 0.29) is 0 Å². The molecular formula is C18H29N3O. The van der Waals surface area contributed by atoms with Gasteiger partial charge in [-0.15, -0.1) is 0 Å². The lowest BCUT2D eigenvalue weighted by Crippen LogP contribution is -2.52. The van der Waals surface area contributed by atoms with E-state index in [0.717, 1.165) is 45.6 Å². The Balaban J connectivity index is 1.53. The number of anilines is 1. The topological polar surface area (TPSA) is 30.0 Å². The molecule has 0 spiro atoms. The zero-order chi connectivity index (χ0) is 15.6. The lowest BCUT2D eigenvalue weighted by molar-refractivity contribution is -0.0438. The molecule has 2 aliphatic rings. The van der Waals surface area contributed by atoms with Gasteiger partial charge in [0.05, 0.1) is 5.60 Å². The third-order valence-electron chi connectivity index (χ3n) is 5.14. The molecule has 3 rings (SSSR count). The van der Waals surface area contributed by atoms with E-state index in [1.54, 1.807) is 0 Å². The van der Waals surface area contributed by atoms with Crippen LogP contribution in [0.4, 0.5) is 5.69 Å². The Kier molecular flexibility index (Phi) is 4.71. The lowest BCUT2D eigenvalue weighted by atomic mass is 9.90. The van der Waals surface area contributed by atoms with Crippen LogP contribution in [0.1, 0.15) is 19.3 Å². The average molecular weight is 303 g/mol. The highest BCUT2D eigenvalue weighted by atomic mass is 16.3. The van der Waals surface area contributed by atoms with Crippen LogP contribution in [0.5, 0.6) is 0 Å². The number of piperidine rings is 1. The Bertz CT molecular complexity index is 468. The number of hydrogen-bond acceptors (Lipinski definition) is 4. The minimum Gasteiger partial charge on any atom is -0.388 e. The van der Waals surface area contributed by atoms with Crippen LogP contribution >= 0.6 is 0 Å². The van der Waals surface area contributed by atoms with Crippen LogP contribution in [0, 0.1) is 0 Å². The number of nitrogens with zero attached hydrogens (tertiary/aromatic N) is 3. The molecule has 2 heterocycles. The molecule has 1 aromatic rings. The summed E-state index contributed by atoms with van der Waals surface area (Å²) in [5, 5.41) is 10.7. The molecular weight excluding hydrogens is 274 g/mol. The van der Waals surface area contributed by atoms with Crippen LogP contribution in [-0.4, -0.2) is 73.4 Å². The Morgan fingerprint density at radius 3 is 2.45 bits per heavy atom. The highest BCUT2D eigenvalue weighted by Gasteiger charge is 2.36. The molecule has 4 nitrogen and oxygen atoms in total. The standard InChI is InChI=1S/C18H29N3O/c1-19(2)15-18(22)9-12-20(13-10-18)17-8-11-21(14-17)16-6-4-3-5-7-16/h3-7,17,22H,8-15H2,1-2H3/t17-/m1/s1. The van der Waals surface area contributed by atoms with Gasteiger partial charge in [-0.2, -0.15) is 0 Å². The van der Waals surface area contributed by atoms with Crippen molar-refractivity contribution < 1.29 is 5.11 Å². The van der Waals surface area contributed by atoms with Crippen LogP contribution in [0.3, 0.4) is 0 Å². The molecule has 2 aliphatic heterocycles. The van der Waals surface area contributed by atoms with Gasteiger partial charge in [0.1, 0.15) is 0 Å². The molecule has 1 N–H and O–H groups in total. The molecule has 0 amide bonds. The fourth-order valence-corrected chi connectivity index (χ4v) is 3.97. The lowest BCUT2D eigenvalue weighted by Gasteiger charge is -2.41. The molecule has 2 fully saturated rings. The predicted octanol–water partition coefficient (Wildman–Crippen LogP) is 1.65. The summed E-state index contributed by atoms with van der Waals surface area (Å²) in [5.41, 5.74) is 0.851. The van der Waals surface area contributed by atoms with Crippen molar-refractivity contribution in [3.8, 4) is 0 Å². The summed E-state index contributed by atoms with van der Waals surface area (Å²) >= 11 is 0. The monoisotopic (exact) mass is 303 g/mol. The molecule has 22 heavy (non-hydrogen) atoms. The Morgan fingerprint density at radius 2 is 1.82 bits per heavy atom. The van der Waals surface area contributed by atoms with E-state index >= 15 is 0 Å². The number of likely N-dealkylation sites (N-methyl/N-ethyl adjacent to an activating group) is 1. The number of likely N-dealkylation sites (tertiary alicyclic amines) is 1. The van der Waals surface area contributed by atoms with Gasteiger partial charge >= 0.3 is 0 Å². The summed E-state index contributed by atoms with van der Waals surface area (Å²) in [7, 11) is 4.08. The molecule has 1 atom stereocenters. The molecule has 0 bridgehead atoms. The van der Waals surface area contributed by atoms with Crippen LogP contribution in [0.25, 0.3) is 0 Å². The summed E-state index contributed by atoms with van der Waals surface area (Å²) in [6.07, 6.45) is 3.03. The molecule has 0 aromatic heterocycles. The first-order valence-corrected chi connectivity index (χ1v) is 8.47. The van der Waals surface area contributed by atoms with E-state index in [9.17, 15) is 5.11 Å². The third kappa shape index (κ3) is 3.62. The third-order valence-corrected chi connectivity index (χ3v) is 5.14. The number of hydrogen-bond donors (Lipinski definition) is 1. The number of benzene rings is 1. The summed E-state index contributed by atoms with van der Waals surface area (Å²) < 4.78 is 0.